The van der Waals surface area contributed by atoms with E-state index in [2.05, 4.69) is 41.6 Å². The molecule has 78 valence electrons. The number of nitrogens with one attached hydrogen (secondary N) is 1. The van der Waals surface area contributed by atoms with Gasteiger partial charge in [-0.15, -0.1) is 11.3 Å². The molecule has 2 unspecified atom stereocenters. The van der Waals surface area contributed by atoms with Crippen molar-refractivity contribution in [1.82, 2.24) is 10.2 Å². The molecule has 0 aliphatic carbocycles. The summed E-state index contributed by atoms with van der Waals surface area (Å²) in [6.45, 7) is 7.96. The highest BCUT2D eigenvalue weighted by atomic mass is 32.1. The lowest BCUT2D eigenvalue weighted by atomic mass is 10.1. The van der Waals surface area contributed by atoms with Crippen LogP contribution in [-0.4, -0.2) is 30.1 Å². The zero-order chi connectivity index (χ0) is 9.97. The highest BCUT2D eigenvalue weighted by Gasteiger charge is 2.24. The molecule has 14 heavy (non-hydrogen) atoms. The Bertz CT molecular complexity index is 261. The molecule has 2 rings (SSSR count). The Kier molecular flexibility index (Phi) is 3.21. The first-order chi connectivity index (χ1) is 6.77. The third kappa shape index (κ3) is 2.16. The highest BCUT2D eigenvalue weighted by Crippen LogP contribution is 2.17. The van der Waals surface area contributed by atoms with E-state index < -0.39 is 0 Å². The van der Waals surface area contributed by atoms with Crippen molar-refractivity contribution in [3.8, 4) is 0 Å². The largest absolute Gasteiger partial charge is 0.314 e. The number of nitrogens with zero attached hydrogens (tertiary/aromatic N) is 1. The Hall–Kier alpha value is -0.380. The average molecular weight is 210 g/mol. The molecule has 1 fully saturated rings. The van der Waals surface area contributed by atoms with Crippen LogP contribution in [0, 0.1) is 0 Å². The summed E-state index contributed by atoms with van der Waals surface area (Å²) in [4.78, 5) is 4.06. The summed E-state index contributed by atoms with van der Waals surface area (Å²) in [5.41, 5.74) is 0. The maximum absolute atomic E-state index is 3.46. The van der Waals surface area contributed by atoms with Crippen molar-refractivity contribution < 1.29 is 0 Å². The topological polar surface area (TPSA) is 15.3 Å². The van der Waals surface area contributed by atoms with Crippen LogP contribution in [-0.2, 0) is 6.54 Å². The Labute approximate surface area is 89.9 Å². The van der Waals surface area contributed by atoms with Gasteiger partial charge in [-0.2, -0.15) is 0 Å². The van der Waals surface area contributed by atoms with Crippen molar-refractivity contribution in [3.63, 3.8) is 0 Å². The van der Waals surface area contributed by atoms with Gasteiger partial charge in [0, 0.05) is 36.6 Å². The first-order valence-corrected chi connectivity index (χ1v) is 6.14. The standard InChI is InChI=1S/C11H18N2S/c1-9-6-12-7-10(2)13(9)8-11-4-3-5-14-11/h3-5,9-10,12H,6-8H2,1-2H3. The van der Waals surface area contributed by atoms with Gasteiger partial charge in [0.25, 0.3) is 0 Å². The molecule has 1 aliphatic rings. The van der Waals surface area contributed by atoms with E-state index in [0.717, 1.165) is 19.6 Å². The lowest BCUT2D eigenvalue weighted by Crippen LogP contribution is -2.54. The van der Waals surface area contributed by atoms with Gasteiger partial charge in [-0.05, 0) is 25.3 Å². The molecule has 2 nitrogen and oxygen atoms in total. The predicted molar refractivity (Wildman–Crippen MR) is 61.7 cm³/mol. The van der Waals surface area contributed by atoms with E-state index >= 15 is 0 Å². The van der Waals surface area contributed by atoms with E-state index in [-0.39, 0.29) is 0 Å². The molecule has 1 saturated heterocycles. The first kappa shape index (κ1) is 10.1. The van der Waals surface area contributed by atoms with E-state index in [1.807, 2.05) is 11.3 Å². The van der Waals surface area contributed by atoms with Crippen LogP contribution in [0.5, 0.6) is 0 Å². The van der Waals surface area contributed by atoms with Crippen molar-refractivity contribution in [2.75, 3.05) is 13.1 Å². The summed E-state index contributed by atoms with van der Waals surface area (Å²) in [6, 6.07) is 5.67. The summed E-state index contributed by atoms with van der Waals surface area (Å²) < 4.78 is 0. The molecule has 2 atom stereocenters. The normalized spacial score (nSPS) is 29.3. The zero-order valence-electron chi connectivity index (χ0n) is 8.86. The van der Waals surface area contributed by atoms with Gasteiger partial charge in [-0.25, -0.2) is 0 Å². The molecule has 3 heteroatoms. The van der Waals surface area contributed by atoms with Crippen LogP contribution in [0.1, 0.15) is 18.7 Å². The van der Waals surface area contributed by atoms with Crippen LogP contribution in [0.15, 0.2) is 17.5 Å². The second-order valence-corrected chi connectivity index (χ2v) is 5.14. The molecule has 0 amide bonds. The molecule has 0 aromatic carbocycles. The fourth-order valence-corrected chi connectivity index (χ4v) is 2.78. The second kappa shape index (κ2) is 4.43. The van der Waals surface area contributed by atoms with Crippen LogP contribution in [0.3, 0.4) is 0 Å². The molecule has 0 saturated carbocycles. The van der Waals surface area contributed by atoms with Crippen LogP contribution in [0.2, 0.25) is 0 Å². The minimum atomic E-state index is 0.654. The smallest absolute Gasteiger partial charge is 0.0334 e. The summed E-state index contributed by atoms with van der Waals surface area (Å²) in [5.74, 6) is 0. The van der Waals surface area contributed by atoms with E-state index in [1.54, 1.807) is 0 Å². The predicted octanol–water partition coefficient (Wildman–Crippen LogP) is 1.93. The Morgan fingerprint density at radius 2 is 2.14 bits per heavy atom. The van der Waals surface area contributed by atoms with E-state index in [0.29, 0.717) is 12.1 Å². The monoisotopic (exact) mass is 210 g/mol. The van der Waals surface area contributed by atoms with Gasteiger partial charge in [-0.3, -0.25) is 4.90 Å². The highest BCUT2D eigenvalue weighted by molar-refractivity contribution is 7.09. The minimum absolute atomic E-state index is 0.654. The van der Waals surface area contributed by atoms with Crippen LogP contribution in [0.4, 0.5) is 0 Å². The van der Waals surface area contributed by atoms with Gasteiger partial charge in [0.05, 0.1) is 0 Å². The molecule has 2 heterocycles. The Morgan fingerprint density at radius 3 is 2.71 bits per heavy atom. The Balaban J connectivity index is 2.01. The average Bonchev–Trinajstić information content (AvgIpc) is 2.64. The summed E-state index contributed by atoms with van der Waals surface area (Å²) in [6.07, 6.45) is 0. The molecule has 0 bridgehead atoms. The molecular weight excluding hydrogens is 192 g/mol. The number of hydrogen-bond acceptors (Lipinski definition) is 3. The van der Waals surface area contributed by atoms with E-state index in [9.17, 15) is 0 Å². The maximum Gasteiger partial charge on any atom is 0.0334 e. The maximum atomic E-state index is 3.46. The van der Waals surface area contributed by atoms with Gasteiger partial charge >= 0.3 is 0 Å². The molecule has 0 spiro atoms. The minimum Gasteiger partial charge on any atom is -0.314 e. The van der Waals surface area contributed by atoms with Crippen molar-refractivity contribution in [2.45, 2.75) is 32.5 Å². The summed E-state index contributed by atoms with van der Waals surface area (Å²) in [5, 5.41) is 5.62. The third-order valence-corrected chi connectivity index (χ3v) is 3.79. The molecule has 0 radical (unpaired) electrons. The molecule has 1 aromatic rings. The van der Waals surface area contributed by atoms with Gasteiger partial charge in [0.1, 0.15) is 0 Å². The number of piperazine rings is 1. The van der Waals surface area contributed by atoms with E-state index in [1.165, 1.54) is 4.88 Å². The second-order valence-electron chi connectivity index (χ2n) is 4.11. The van der Waals surface area contributed by atoms with Crippen LogP contribution < -0.4 is 5.32 Å². The number of hydrogen-bond donors (Lipinski definition) is 1. The summed E-state index contributed by atoms with van der Waals surface area (Å²) in [7, 11) is 0. The van der Waals surface area contributed by atoms with Crippen LogP contribution >= 0.6 is 11.3 Å². The fourth-order valence-electron chi connectivity index (χ4n) is 2.06. The zero-order valence-corrected chi connectivity index (χ0v) is 9.68. The summed E-state index contributed by atoms with van der Waals surface area (Å²) >= 11 is 1.86. The third-order valence-electron chi connectivity index (χ3n) is 2.93. The van der Waals surface area contributed by atoms with Gasteiger partial charge in [0.15, 0.2) is 0 Å². The van der Waals surface area contributed by atoms with Crippen molar-refractivity contribution in [2.24, 2.45) is 0 Å². The quantitative estimate of drug-likeness (QED) is 0.802. The lowest BCUT2D eigenvalue weighted by molar-refractivity contribution is 0.110. The number of thiophene rings is 1. The number of rotatable bonds is 2. The van der Waals surface area contributed by atoms with Gasteiger partial charge < -0.3 is 5.32 Å². The fraction of sp³-hybridized carbons (Fsp3) is 0.636. The van der Waals surface area contributed by atoms with E-state index in [4.69, 9.17) is 0 Å². The van der Waals surface area contributed by atoms with Gasteiger partial charge in [-0.1, -0.05) is 6.07 Å². The molecule has 1 aliphatic heterocycles. The van der Waals surface area contributed by atoms with Crippen molar-refractivity contribution >= 4 is 11.3 Å². The molecule has 1 N–H and O–H groups in total. The molecular formula is C11H18N2S. The SMILES string of the molecule is CC1CNCC(C)N1Cc1cccs1. The van der Waals surface area contributed by atoms with Crippen molar-refractivity contribution in [1.29, 1.82) is 0 Å². The van der Waals surface area contributed by atoms with Crippen LogP contribution in [0.25, 0.3) is 0 Å². The lowest BCUT2D eigenvalue weighted by Gasteiger charge is -2.39. The van der Waals surface area contributed by atoms with Gasteiger partial charge in [0.2, 0.25) is 0 Å². The first-order valence-electron chi connectivity index (χ1n) is 5.26. The van der Waals surface area contributed by atoms with Crippen molar-refractivity contribution in [3.05, 3.63) is 22.4 Å². The molecule has 1 aromatic heterocycles. The Morgan fingerprint density at radius 1 is 1.43 bits per heavy atom.